The average Bonchev–Trinajstić information content (AvgIpc) is 2.51. The highest BCUT2D eigenvalue weighted by atomic mass is 32.2. The molecule has 1 amide bonds. The maximum atomic E-state index is 12.0. The van der Waals surface area contributed by atoms with Crippen LogP contribution in [0, 0.1) is 0 Å². The van der Waals surface area contributed by atoms with Crippen LogP contribution in [0.5, 0.6) is 0 Å². The number of carbonyl (C=O) groups is 1. The third kappa shape index (κ3) is 5.33. The highest BCUT2D eigenvalue weighted by molar-refractivity contribution is 7.90. The van der Waals surface area contributed by atoms with Crippen LogP contribution in [0.15, 0.2) is 42.5 Å². The van der Waals surface area contributed by atoms with E-state index in [1.165, 1.54) is 6.26 Å². The molecule has 124 valence electrons. The quantitative estimate of drug-likeness (QED) is 0.808. The second kappa shape index (κ2) is 7.57. The fourth-order valence-electron chi connectivity index (χ4n) is 2.46. The lowest BCUT2D eigenvalue weighted by Gasteiger charge is -2.18. The molecule has 3 N–H and O–H groups in total. The van der Waals surface area contributed by atoms with E-state index in [2.05, 4.69) is 5.32 Å². The van der Waals surface area contributed by atoms with Gasteiger partial charge in [-0.3, -0.25) is 4.79 Å². The van der Waals surface area contributed by atoms with Crippen LogP contribution < -0.4 is 11.1 Å². The molecule has 0 aliphatic carbocycles. The maximum absolute atomic E-state index is 12.0. The van der Waals surface area contributed by atoms with Crippen molar-refractivity contribution >= 4 is 26.5 Å². The zero-order chi connectivity index (χ0) is 16.9. The summed E-state index contributed by atoms with van der Waals surface area (Å²) in [5.74, 6) is -0.166. The van der Waals surface area contributed by atoms with E-state index in [-0.39, 0.29) is 30.7 Å². The summed E-state index contributed by atoms with van der Waals surface area (Å²) in [6.45, 7) is 0.288. The first-order chi connectivity index (χ1) is 10.9. The van der Waals surface area contributed by atoms with Crippen molar-refractivity contribution in [2.45, 2.75) is 18.9 Å². The van der Waals surface area contributed by atoms with Gasteiger partial charge in [-0.15, -0.1) is 0 Å². The molecule has 23 heavy (non-hydrogen) atoms. The first-order valence-electron chi connectivity index (χ1n) is 7.55. The summed E-state index contributed by atoms with van der Waals surface area (Å²) in [6, 6.07) is 13.7. The van der Waals surface area contributed by atoms with Gasteiger partial charge in [0, 0.05) is 19.2 Å². The molecule has 0 saturated heterocycles. The smallest absolute Gasteiger partial charge is 0.220 e. The molecule has 0 aromatic heterocycles. The number of carbonyl (C=O) groups excluding carboxylic acids is 1. The maximum Gasteiger partial charge on any atom is 0.220 e. The normalized spacial score (nSPS) is 13.0. The van der Waals surface area contributed by atoms with Crippen molar-refractivity contribution in [2.75, 3.05) is 18.6 Å². The molecule has 2 aromatic carbocycles. The molecular formula is C17H22N2O3S. The highest BCUT2D eigenvalue weighted by Crippen LogP contribution is 2.20. The van der Waals surface area contributed by atoms with Gasteiger partial charge in [0.2, 0.25) is 5.91 Å². The number of rotatable bonds is 7. The van der Waals surface area contributed by atoms with E-state index in [1.54, 1.807) is 0 Å². The first-order valence-corrected chi connectivity index (χ1v) is 9.61. The standard InChI is InChI=1S/C17H22N2O3S/c1-23(21,22)10-4-7-17(20)19-16(12-18)15-9-8-13-5-2-3-6-14(13)11-15/h2-3,5-6,8-9,11,16H,4,7,10,12,18H2,1H3,(H,19,20). The van der Waals surface area contributed by atoms with Gasteiger partial charge in [-0.2, -0.15) is 0 Å². The third-order valence-corrected chi connectivity index (χ3v) is 4.70. The lowest BCUT2D eigenvalue weighted by molar-refractivity contribution is -0.121. The van der Waals surface area contributed by atoms with Crippen LogP contribution in [0.25, 0.3) is 10.8 Å². The number of hydrogen-bond donors (Lipinski definition) is 2. The number of nitrogens with two attached hydrogens (primary N) is 1. The fraction of sp³-hybridized carbons (Fsp3) is 0.353. The number of fused-ring (bicyclic) bond motifs is 1. The minimum Gasteiger partial charge on any atom is -0.348 e. The second-order valence-corrected chi connectivity index (χ2v) is 7.96. The van der Waals surface area contributed by atoms with Crippen LogP contribution in [0.4, 0.5) is 0 Å². The summed E-state index contributed by atoms with van der Waals surface area (Å²) in [6.07, 6.45) is 1.67. The number of hydrogen-bond acceptors (Lipinski definition) is 4. The Morgan fingerprint density at radius 1 is 1.17 bits per heavy atom. The Morgan fingerprint density at radius 2 is 1.87 bits per heavy atom. The molecular weight excluding hydrogens is 312 g/mol. The molecule has 0 spiro atoms. The van der Waals surface area contributed by atoms with Gasteiger partial charge >= 0.3 is 0 Å². The average molecular weight is 334 g/mol. The molecule has 0 heterocycles. The van der Waals surface area contributed by atoms with Crippen LogP contribution in [-0.4, -0.2) is 32.9 Å². The molecule has 2 rings (SSSR count). The molecule has 0 aliphatic rings. The Bertz CT molecular complexity index is 787. The van der Waals surface area contributed by atoms with Gasteiger partial charge in [0.1, 0.15) is 9.84 Å². The molecule has 0 bridgehead atoms. The lowest BCUT2D eigenvalue weighted by Crippen LogP contribution is -2.33. The first kappa shape index (κ1) is 17.4. The van der Waals surface area contributed by atoms with E-state index in [1.807, 2.05) is 42.5 Å². The van der Waals surface area contributed by atoms with Crippen molar-refractivity contribution in [3.8, 4) is 0 Å². The largest absolute Gasteiger partial charge is 0.348 e. The minimum atomic E-state index is -3.03. The number of nitrogens with one attached hydrogen (secondary N) is 1. The second-order valence-electron chi connectivity index (χ2n) is 5.70. The van der Waals surface area contributed by atoms with Crippen molar-refractivity contribution in [1.29, 1.82) is 0 Å². The molecule has 2 aromatic rings. The van der Waals surface area contributed by atoms with Gasteiger partial charge in [0.05, 0.1) is 11.8 Å². The van der Waals surface area contributed by atoms with Crippen molar-refractivity contribution in [3.05, 3.63) is 48.0 Å². The van der Waals surface area contributed by atoms with Gasteiger partial charge < -0.3 is 11.1 Å². The van der Waals surface area contributed by atoms with Crippen molar-refractivity contribution in [2.24, 2.45) is 5.73 Å². The van der Waals surface area contributed by atoms with E-state index in [9.17, 15) is 13.2 Å². The van der Waals surface area contributed by atoms with Crippen molar-refractivity contribution < 1.29 is 13.2 Å². The molecule has 1 unspecified atom stereocenters. The Labute approximate surface area is 136 Å². The molecule has 0 radical (unpaired) electrons. The summed E-state index contributed by atoms with van der Waals surface area (Å²) >= 11 is 0. The monoisotopic (exact) mass is 334 g/mol. The molecule has 1 atom stereocenters. The van der Waals surface area contributed by atoms with Crippen LogP contribution in [-0.2, 0) is 14.6 Å². The third-order valence-electron chi connectivity index (χ3n) is 3.67. The Balaban J connectivity index is 2.02. The number of benzene rings is 2. The van der Waals surface area contributed by atoms with Crippen LogP contribution in [0.1, 0.15) is 24.4 Å². The number of sulfone groups is 1. The van der Waals surface area contributed by atoms with Gasteiger partial charge in [-0.25, -0.2) is 8.42 Å². The molecule has 0 aliphatic heterocycles. The zero-order valence-electron chi connectivity index (χ0n) is 13.2. The molecule has 0 fully saturated rings. The SMILES string of the molecule is CS(=O)(=O)CCCC(=O)NC(CN)c1ccc2ccccc2c1. The fourth-order valence-corrected chi connectivity index (χ4v) is 3.13. The Kier molecular flexibility index (Phi) is 5.74. The summed E-state index contributed by atoms with van der Waals surface area (Å²) in [5, 5.41) is 5.10. The van der Waals surface area contributed by atoms with Gasteiger partial charge in [0.25, 0.3) is 0 Å². The molecule has 0 saturated carbocycles. The van der Waals surface area contributed by atoms with Gasteiger partial charge in [0.15, 0.2) is 0 Å². The van der Waals surface area contributed by atoms with Crippen LogP contribution >= 0.6 is 0 Å². The predicted molar refractivity (Wildman–Crippen MR) is 92.8 cm³/mol. The van der Waals surface area contributed by atoms with E-state index in [0.29, 0.717) is 6.42 Å². The summed E-state index contributed by atoms with van der Waals surface area (Å²) in [4.78, 5) is 12.0. The summed E-state index contributed by atoms with van der Waals surface area (Å²) in [5.41, 5.74) is 6.73. The highest BCUT2D eigenvalue weighted by Gasteiger charge is 2.14. The van der Waals surface area contributed by atoms with Gasteiger partial charge in [-0.1, -0.05) is 36.4 Å². The number of amides is 1. The summed E-state index contributed by atoms with van der Waals surface area (Å²) in [7, 11) is -3.03. The lowest BCUT2D eigenvalue weighted by atomic mass is 10.0. The molecule has 6 heteroatoms. The van der Waals surface area contributed by atoms with E-state index < -0.39 is 9.84 Å². The topological polar surface area (TPSA) is 89.3 Å². The van der Waals surface area contributed by atoms with Crippen LogP contribution in [0.3, 0.4) is 0 Å². The zero-order valence-corrected chi connectivity index (χ0v) is 14.0. The summed E-state index contributed by atoms with van der Waals surface area (Å²) < 4.78 is 22.2. The Morgan fingerprint density at radius 3 is 2.52 bits per heavy atom. The predicted octanol–water partition coefficient (Wildman–Crippen LogP) is 1.78. The van der Waals surface area contributed by atoms with Crippen molar-refractivity contribution in [1.82, 2.24) is 5.32 Å². The van der Waals surface area contributed by atoms with E-state index in [4.69, 9.17) is 5.73 Å². The van der Waals surface area contributed by atoms with Crippen molar-refractivity contribution in [3.63, 3.8) is 0 Å². The minimum absolute atomic E-state index is 0.0175. The van der Waals surface area contributed by atoms with Gasteiger partial charge in [-0.05, 0) is 28.8 Å². The Hall–Kier alpha value is -1.92. The van der Waals surface area contributed by atoms with E-state index in [0.717, 1.165) is 16.3 Å². The van der Waals surface area contributed by atoms with Crippen LogP contribution in [0.2, 0.25) is 0 Å². The van der Waals surface area contributed by atoms with E-state index >= 15 is 0 Å². The molecule has 5 nitrogen and oxygen atoms in total.